The zero-order chi connectivity index (χ0) is 16.3. The van der Waals surface area contributed by atoms with Gasteiger partial charge in [-0.15, -0.1) is 0 Å². The molecule has 1 aliphatic heterocycles. The van der Waals surface area contributed by atoms with Crippen molar-refractivity contribution in [1.29, 1.82) is 0 Å². The Morgan fingerprint density at radius 3 is 2.45 bits per heavy atom. The number of nitrogens with zero attached hydrogens (tertiary/aromatic N) is 1. The molecule has 2 atom stereocenters. The van der Waals surface area contributed by atoms with E-state index in [4.69, 9.17) is 4.74 Å². The fourth-order valence-electron chi connectivity index (χ4n) is 3.00. The van der Waals surface area contributed by atoms with E-state index < -0.39 is 5.82 Å². The number of carbonyl (C=O) groups is 2. The number of halogens is 1. The molecule has 1 fully saturated rings. The Morgan fingerprint density at radius 2 is 1.91 bits per heavy atom. The summed E-state index contributed by atoms with van der Waals surface area (Å²) < 4.78 is 19.1. The van der Waals surface area contributed by atoms with Gasteiger partial charge >= 0.3 is 0 Å². The lowest BCUT2D eigenvalue weighted by Crippen LogP contribution is -2.49. The second-order valence-electron chi connectivity index (χ2n) is 5.92. The quantitative estimate of drug-likeness (QED) is 0.803. The van der Waals surface area contributed by atoms with E-state index >= 15 is 0 Å². The van der Waals surface area contributed by atoms with E-state index in [0.29, 0.717) is 0 Å². The van der Waals surface area contributed by atoms with Gasteiger partial charge in [-0.2, -0.15) is 0 Å². The summed E-state index contributed by atoms with van der Waals surface area (Å²) in [4.78, 5) is 25.3. The van der Waals surface area contributed by atoms with Crippen LogP contribution in [0.1, 0.15) is 50.4 Å². The van der Waals surface area contributed by atoms with Gasteiger partial charge in [0.15, 0.2) is 12.4 Å². The van der Waals surface area contributed by atoms with Crippen molar-refractivity contribution in [3.05, 3.63) is 29.6 Å². The molecule has 1 aromatic rings. The van der Waals surface area contributed by atoms with Crippen molar-refractivity contribution in [3.63, 3.8) is 0 Å². The highest BCUT2D eigenvalue weighted by Gasteiger charge is 2.29. The van der Waals surface area contributed by atoms with E-state index in [1.165, 1.54) is 19.1 Å². The van der Waals surface area contributed by atoms with Crippen molar-refractivity contribution in [3.8, 4) is 5.75 Å². The van der Waals surface area contributed by atoms with Gasteiger partial charge in [0.25, 0.3) is 5.91 Å². The standard InChI is InChI=1S/C17H22FNO3/c1-11-5-4-6-12(2)19(11)17(21)10-22-14-7-8-15(13(3)20)16(18)9-14/h7-9,11-12H,4-6,10H2,1-3H3/t11-,12-/m0/s1. The molecule has 0 aliphatic carbocycles. The zero-order valence-electron chi connectivity index (χ0n) is 13.3. The first-order valence-electron chi connectivity index (χ1n) is 7.64. The van der Waals surface area contributed by atoms with Crippen LogP contribution >= 0.6 is 0 Å². The number of piperidine rings is 1. The van der Waals surface area contributed by atoms with Gasteiger partial charge in [0.2, 0.25) is 0 Å². The van der Waals surface area contributed by atoms with Crippen molar-refractivity contribution >= 4 is 11.7 Å². The number of rotatable bonds is 4. The molecule has 120 valence electrons. The summed E-state index contributed by atoms with van der Waals surface area (Å²) >= 11 is 0. The molecule has 5 heteroatoms. The van der Waals surface area contributed by atoms with Crippen LogP contribution in [0.25, 0.3) is 0 Å². The van der Waals surface area contributed by atoms with Crippen LogP contribution in [0, 0.1) is 5.82 Å². The minimum absolute atomic E-state index is 0.0250. The molecule has 0 spiro atoms. The van der Waals surface area contributed by atoms with Crippen LogP contribution in [0.3, 0.4) is 0 Å². The summed E-state index contributed by atoms with van der Waals surface area (Å²) in [6.07, 6.45) is 3.13. The number of benzene rings is 1. The Kier molecular flexibility index (Phi) is 5.16. The molecule has 0 N–H and O–H groups in total. The summed E-state index contributed by atoms with van der Waals surface area (Å²) in [5.74, 6) is -0.794. The SMILES string of the molecule is CC(=O)c1ccc(OCC(=O)N2[C@@H](C)CCC[C@@H]2C)cc1F. The van der Waals surface area contributed by atoms with Gasteiger partial charge in [0.1, 0.15) is 11.6 Å². The van der Waals surface area contributed by atoms with Gasteiger partial charge in [-0.05, 0) is 52.2 Å². The zero-order valence-corrected chi connectivity index (χ0v) is 13.3. The van der Waals surface area contributed by atoms with E-state index in [1.807, 2.05) is 18.7 Å². The first-order valence-corrected chi connectivity index (χ1v) is 7.64. The van der Waals surface area contributed by atoms with Gasteiger partial charge < -0.3 is 9.64 Å². The first kappa shape index (κ1) is 16.5. The van der Waals surface area contributed by atoms with Crippen LogP contribution in [0.5, 0.6) is 5.75 Å². The highest BCUT2D eigenvalue weighted by atomic mass is 19.1. The van der Waals surface area contributed by atoms with Crippen molar-refractivity contribution in [2.24, 2.45) is 0 Å². The van der Waals surface area contributed by atoms with Crippen LogP contribution in [0.2, 0.25) is 0 Å². The lowest BCUT2D eigenvalue weighted by Gasteiger charge is -2.38. The molecule has 2 rings (SSSR count). The third kappa shape index (κ3) is 3.64. The third-order valence-electron chi connectivity index (χ3n) is 4.16. The number of hydrogen-bond donors (Lipinski definition) is 0. The number of ketones is 1. The van der Waals surface area contributed by atoms with E-state index in [-0.39, 0.29) is 41.7 Å². The van der Waals surface area contributed by atoms with Crippen LogP contribution < -0.4 is 4.74 Å². The highest BCUT2D eigenvalue weighted by Crippen LogP contribution is 2.23. The van der Waals surface area contributed by atoms with Crippen LogP contribution in [0.15, 0.2) is 18.2 Å². The summed E-state index contributed by atoms with van der Waals surface area (Å²) in [6.45, 7) is 5.26. The molecular weight excluding hydrogens is 285 g/mol. The smallest absolute Gasteiger partial charge is 0.260 e. The Balaban J connectivity index is 1.99. The van der Waals surface area contributed by atoms with Crippen LogP contribution in [0.4, 0.5) is 4.39 Å². The normalized spacial score (nSPS) is 21.5. The highest BCUT2D eigenvalue weighted by molar-refractivity contribution is 5.94. The fraction of sp³-hybridized carbons (Fsp3) is 0.529. The Labute approximate surface area is 130 Å². The number of Topliss-reactive ketones (excluding diaryl/α,β-unsaturated/α-hetero) is 1. The first-order chi connectivity index (χ1) is 10.4. The van der Waals surface area contributed by atoms with E-state index in [0.717, 1.165) is 25.3 Å². The second-order valence-corrected chi connectivity index (χ2v) is 5.92. The predicted octanol–water partition coefficient (Wildman–Crippen LogP) is 3.20. The molecule has 0 aromatic heterocycles. The second kappa shape index (κ2) is 6.90. The summed E-state index contributed by atoms with van der Waals surface area (Å²) in [5, 5.41) is 0. The Hall–Kier alpha value is -1.91. The minimum Gasteiger partial charge on any atom is -0.484 e. The maximum absolute atomic E-state index is 13.7. The van der Waals surface area contributed by atoms with Gasteiger partial charge in [-0.1, -0.05) is 0 Å². The van der Waals surface area contributed by atoms with Gasteiger partial charge in [-0.3, -0.25) is 9.59 Å². The summed E-state index contributed by atoms with van der Waals surface area (Å²) in [5.41, 5.74) is 0.0250. The maximum atomic E-state index is 13.7. The van der Waals surface area contributed by atoms with Crippen molar-refractivity contribution in [2.75, 3.05) is 6.61 Å². The molecule has 1 saturated heterocycles. The molecule has 0 bridgehead atoms. The number of amides is 1. The molecule has 0 unspecified atom stereocenters. The molecule has 1 amide bonds. The lowest BCUT2D eigenvalue weighted by atomic mass is 9.97. The van der Waals surface area contributed by atoms with Crippen molar-refractivity contribution in [1.82, 2.24) is 4.90 Å². The molecule has 0 saturated carbocycles. The number of hydrogen-bond acceptors (Lipinski definition) is 3. The van der Waals surface area contributed by atoms with Crippen molar-refractivity contribution in [2.45, 2.75) is 52.1 Å². The molecular formula is C17H22FNO3. The van der Waals surface area contributed by atoms with E-state index in [2.05, 4.69) is 0 Å². The van der Waals surface area contributed by atoms with Gasteiger partial charge in [-0.25, -0.2) is 4.39 Å². The molecule has 0 radical (unpaired) electrons. The monoisotopic (exact) mass is 307 g/mol. The predicted molar refractivity (Wildman–Crippen MR) is 81.5 cm³/mol. The maximum Gasteiger partial charge on any atom is 0.260 e. The number of ether oxygens (including phenoxy) is 1. The Bertz CT molecular complexity index is 563. The molecule has 22 heavy (non-hydrogen) atoms. The van der Waals surface area contributed by atoms with Crippen LogP contribution in [-0.4, -0.2) is 35.3 Å². The molecule has 1 heterocycles. The topological polar surface area (TPSA) is 46.6 Å². The Morgan fingerprint density at radius 1 is 1.27 bits per heavy atom. The van der Waals surface area contributed by atoms with Crippen LogP contribution in [-0.2, 0) is 4.79 Å². The minimum atomic E-state index is -0.628. The van der Waals surface area contributed by atoms with E-state index in [1.54, 1.807) is 0 Å². The third-order valence-corrected chi connectivity index (χ3v) is 4.16. The number of carbonyl (C=O) groups excluding carboxylic acids is 2. The molecule has 4 nitrogen and oxygen atoms in total. The average Bonchev–Trinajstić information content (AvgIpc) is 2.44. The average molecular weight is 307 g/mol. The molecule has 1 aromatic carbocycles. The summed E-state index contributed by atoms with van der Waals surface area (Å²) in [6, 6.07) is 4.45. The van der Waals surface area contributed by atoms with E-state index in [9.17, 15) is 14.0 Å². The molecule has 1 aliphatic rings. The largest absolute Gasteiger partial charge is 0.484 e. The summed E-state index contributed by atoms with van der Waals surface area (Å²) in [7, 11) is 0. The van der Waals surface area contributed by atoms with Gasteiger partial charge in [0, 0.05) is 18.2 Å². The number of likely N-dealkylation sites (tertiary alicyclic amines) is 1. The van der Waals surface area contributed by atoms with Crippen molar-refractivity contribution < 1.29 is 18.7 Å². The lowest BCUT2D eigenvalue weighted by molar-refractivity contribution is -0.139. The van der Waals surface area contributed by atoms with Gasteiger partial charge in [0.05, 0.1) is 5.56 Å². The fourth-order valence-corrected chi connectivity index (χ4v) is 3.00.